The number of aliphatic imine (C=N–C) groups is 1. The summed E-state index contributed by atoms with van der Waals surface area (Å²) in [6, 6.07) is 14.8. The average Bonchev–Trinajstić information content (AvgIpc) is 3.04. The predicted molar refractivity (Wildman–Crippen MR) is 116 cm³/mol. The molecule has 1 saturated heterocycles. The number of aliphatic hydroxyl groups is 1. The van der Waals surface area contributed by atoms with E-state index >= 15 is 0 Å². The topological polar surface area (TPSA) is 71.4 Å². The number of hydrogen-bond acceptors (Lipinski definition) is 6. The highest BCUT2D eigenvalue weighted by Gasteiger charge is 2.42. The van der Waals surface area contributed by atoms with Gasteiger partial charge in [-0.05, 0) is 43.2 Å². The van der Waals surface area contributed by atoms with Gasteiger partial charge in [0.25, 0.3) is 0 Å². The Labute approximate surface area is 175 Å². The van der Waals surface area contributed by atoms with Crippen molar-refractivity contribution >= 4 is 28.5 Å². The zero-order chi connectivity index (χ0) is 20.8. The number of nitrogens with zero attached hydrogens (tertiary/aromatic N) is 2. The number of para-hydroxylation sites is 1. The van der Waals surface area contributed by atoms with Gasteiger partial charge in [0.05, 0.1) is 19.4 Å². The van der Waals surface area contributed by atoms with E-state index in [0.717, 1.165) is 12.1 Å². The Morgan fingerprint density at radius 2 is 1.93 bits per heavy atom. The van der Waals surface area contributed by atoms with Gasteiger partial charge >= 0.3 is 0 Å². The maximum absolute atomic E-state index is 13.1. The van der Waals surface area contributed by atoms with Gasteiger partial charge in [0.15, 0.2) is 16.7 Å². The van der Waals surface area contributed by atoms with Crippen LogP contribution in [0.3, 0.4) is 0 Å². The molecule has 1 aliphatic heterocycles. The molecule has 1 heterocycles. The van der Waals surface area contributed by atoms with Gasteiger partial charge in [0, 0.05) is 6.54 Å². The average molecular weight is 415 g/mol. The first-order valence-electron chi connectivity index (χ1n) is 9.69. The first kappa shape index (κ1) is 21.2. The number of thioether (sulfide) groups is 1. The van der Waals surface area contributed by atoms with E-state index in [1.165, 1.54) is 11.8 Å². The Morgan fingerprint density at radius 1 is 1.17 bits per heavy atom. The molecule has 0 aliphatic carbocycles. The molecule has 0 aromatic heterocycles. The van der Waals surface area contributed by atoms with E-state index in [9.17, 15) is 9.90 Å². The predicted octanol–water partition coefficient (Wildman–Crippen LogP) is 4.17. The van der Waals surface area contributed by atoms with Gasteiger partial charge in [0.1, 0.15) is 11.4 Å². The normalized spacial score (nSPS) is 18.9. The summed E-state index contributed by atoms with van der Waals surface area (Å²) in [7, 11) is 1.57. The maximum atomic E-state index is 13.1. The summed E-state index contributed by atoms with van der Waals surface area (Å²) in [5.74, 6) is 1.01. The number of carbonyl (C=O) groups excluding carboxylic acids is 1. The molecular formula is C22H26N2O4S. The van der Waals surface area contributed by atoms with Crippen molar-refractivity contribution in [2.24, 2.45) is 4.99 Å². The molecule has 1 aliphatic rings. The van der Waals surface area contributed by atoms with Crippen molar-refractivity contribution in [1.82, 2.24) is 4.90 Å². The van der Waals surface area contributed by atoms with Crippen molar-refractivity contribution in [3.63, 3.8) is 0 Å². The van der Waals surface area contributed by atoms with E-state index in [-0.39, 0.29) is 5.91 Å². The highest BCUT2D eigenvalue weighted by atomic mass is 32.2. The van der Waals surface area contributed by atoms with Crippen LogP contribution in [0.2, 0.25) is 0 Å². The molecule has 6 nitrogen and oxygen atoms in total. The molecule has 0 bridgehead atoms. The highest BCUT2D eigenvalue weighted by Crippen LogP contribution is 2.39. The molecule has 7 heteroatoms. The minimum Gasteiger partial charge on any atom is -0.493 e. The first-order chi connectivity index (χ1) is 14.1. The van der Waals surface area contributed by atoms with E-state index < -0.39 is 11.4 Å². The molecule has 2 atom stereocenters. The number of aliphatic hydroxyl groups excluding tert-OH is 1. The van der Waals surface area contributed by atoms with Crippen molar-refractivity contribution in [3.8, 4) is 11.5 Å². The standard InChI is InChI=1S/C22H26N2O4S/c1-4-13-24-21(26)20(29-22(24)23-16-9-7-6-8-10-16)19(25)15-11-12-17(27-3)18(14-15)28-5-2/h6-12,14,19-20,25H,4-5,13H2,1-3H3/t19-,20+/m0/s1. The Kier molecular flexibility index (Phi) is 7.17. The molecule has 29 heavy (non-hydrogen) atoms. The summed E-state index contributed by atoms with van der Waals surface area (Å²) < 4.78 is 10.9. The maximum Gasteiger partial charge on any atom is 0.245 e. The fourth-order valence-electron chi connectivity index (χ4n) is 3.12. The summed E-state index contributed by atoms with van der Waals surface area (Å²) in [6.07, 6.45) is -0.180. The molecule has 154 valence electrons. The van der Waals surface area contributed by atoms with Crippen LogP contribution in [0.5, 0.6) is 11.5 Å². The quantitative estimate of drug-likeness (QED) is 0.702. The lowest BCUT2D eigenvalue weighted by Gasteiger charge is -2.19. The van der Waals surface area contributed by atoms with Crippen LogP contribution in [-0.2, 0) is 4.79 Å². The third-order valence-electron chi connectivity index (χ3n) is 4.52. The molecule has 2 aromatic rings. The van der Waals surface area contributed by atoms with E-state index in [1.807, 2.05) is 44.2 Å². The SMILES string of the molecule is CCCN1C(=O)[C@@H]([C@@H](O)c2ccc(OC)c(OCC)c2)SC1=Nc1ccccc1. The third kappa shape index (κ3) is 4.74. The monoisotopic (exact) mass is 414 g/mol. The second-order valence-electron chi connectivity index (χ2n) is 6.55. The molecule has 0 radical (unpaired) electrons. The van der Waals surface area contributed by atoms with Crippen LogP contribution in [0.15, 0.2) is 53.5 Å². The number of benzene rings is 2. The van der Waals surface area contributed by atoms with Crippen LogP contribution in [0.25, 0.3) is 0 Å². The zero-order valence-corrected chi connectivity index (χ0v) is 17.7. The van der Waals surface area contributed by atoms with Gasteiger partial charge in [-0.1, -0.05) is 43.0 Å². The second-order valence-corrected chi connectivity index (χ2v) is 7.66. The smallest absolute Gasteiger partial charge is 0.245 e. The summed E-state index contributed by atoms with van der Waals surface area (Å²) in [5.41, 5.74) is 1.39. The van der Waals surface area contributed by atoms with Gasteiger partial charge in [-0.15, -0.1) is 0 Å². The fourth-order valence-corrected chi connectivity index (χ4v) is 4.33. The van der Waals surface area contributed by atoms with Gasteiger partial charge in [-0.2, -0.15) is 0 Å². The first-order valence-corrected chi connectivity index (χ1v) is 10.6. The number of amides is 1. The molecule has 1 N–H and O–H groups in total. The number of carbonyl (C=O) groups is 1. The van der Waals surface area contributed by atoms with Gasteiger partial charge in [-0.25, -0.2) is 4.99 Å². The summed E-state index contributed by atoms with van der Waals surface area (Å²) >= 11 is 1.30. The Morgan fingerprint density at radius 3 is 2.59 bits per heavy atom. The van der Waals surface area contributed by atoms with Gasteiger partial charge in [0.2, 0.25) is 5.91 Å². The molecule has 0 saturated carbocycles. The van der Waals surface area contributed by atoms with Crippen LogP contribution in [0.4, 0.5) is 5.69 Å². The molecule has 3 rings (SSSR count). The van der Waals surface area contributed by atoms with Gasteiger partial charge in [-0.3, -0.25) is 9.69 Å². The van der Waals surface area contributed by atoms with Gasteiger partial charge < -0.3 is 14.6 Å². The van der Waals surface area contributed by atoms with Crippen molar-refractivity contribution in [2.75, 3.05) is 20.3 Å². The lowest BCUT2D eigenvalue weighted by atomic mass is 10.0. The van der Waals surface area contributed by atoms with Crippen LogP contribution in [0, 0.1) is 0 Å². The van der Waals surface area contributed by atoms with Crippen molar-refractivity contribution in [3.05, 3.63) is 54.1 Å². The van der Waals surface area contributed by atoms with Crippen LogP contribution >= 0.6 is 11.8 Å². The third-order valence-corrected chi connectivity index (χ3v) is 5.75. The van der Waals surface area contributed by atoms with E-state index in [2.05, 4.69) is 4.99 Å². The lowest BCUT2D eigenvalue weighted by Crippen LogP contribution is -2.34. The van der Waals surface area contributed by atoms with E-state index in [0.29, 0.717) is 35.4 Å². The van der Waals surface area contributed by atoms with E-state index in [1.54, 1.807) is 30.2 Å². The van der Waals surface area contributed by atoms with Crippen molar-refractivity contribution in [2.45, 2.75) is 31.6 Å². The largest absolute Gasteiger partial charge is 0.493 e. The molecular weight excluding hydrogens is 388 g/mol. The molecule has 1 amide bonds. The van der Waals surface area contributed by atoms with E-state index in [4.69, 9.17) is 9.47 Å². The van der Waals surface area contributed by atoms with Crippen LogP contribution < -0.4 is 9.47 Å². The Balaban J connectivity index is 1.89. The van der Waals surface area contributed by atoms with Crippen LogP contribution in [-0.4, -0.2) is 46.6 Å². The Bertz CT molecular complexity index is 872. The fraction of sp³-hybridized carbons (Fsp3) is 0.364. The number of amidine groups is 1. The number of ether oxygens (including phenoxy) is 2. The minimum absolute atomic E-state index is 0.132. The summed E-state index contributed by atoms with van der Waals surface area (Å²) in [5, 5.41) is 11.0. The summed E-state index contributed by atoms with van der Waals surface area (Å²) in [4.78, 5) is 19.4. The van der Waals surface area contributed by atoms with Crippen molar-refractivity contribution < 1.29 is 19.4 Å². The number of hydrogen-bond donors (Lipinski definition) is 1. The van der Waals surface area contributed by atoms with Crippen molar-refractivity contribution in [1.29, 1.82) is 0 Å². The highest BCUT2D eigenvalue weighted by molar-refractivity contribution is 8.15. The molecule has 2 aromatic carbocycles. The minimum atomic E-state index is -0.986. The number of methoxy groups -OCH3 is 1. The molecule has 0 unspecified atom stereocenters. The lowest BCUT2D eigenvalue weighted by molar-refractivity contribution is -0.128. The Hall–Kier alpha value is -2.51. The number of rotatable bonds is 8. The molecule has 1 fully saturated rings. The summed E-state index contributed by atoms with van der Waals surface area (Å²) in [6.45, 7) is 4.94. The second kappa shape index (κ2) is 9.80. The molecule has 0 spiro atoms. The van der Waals surface area contributed by atoms with Crippen LogP contribution in [0.1, 0.15) is 31.9 Å². The zero-order valence-electron chi connectivity index (χ0n) is 16.9.